The van der Waals surface area contributed by atoms with Crippen LogP contribution in [0.15, 0.2) is 41.2 Å². The molecule has 0 unspecified atom stereocenters. The first kappa shape index (κ1) is 22.7. The molecule has 3 aliphatic rings. The van der Waals surface area contributed by atoms with E-state index in [1.807, 2.05) is 0 Å². The third kappa shape index (κ3) is 3.43. The summed E-state index contributed by atoms with van der Waals surface area (Å²) < 4.78 is 55.0. The molecule has 1 aromatic carbocycles. The number of dihydropyridines is 1. The lowest BCUT2D eigenvalue weighted by molar-refractivity contribution is -0.132. The van der Waals surface area contributed by atoms with Gasteiger partial charge in [-0.2, -0.15) is 18.4 Å². The van der Waals surface area contributed by atoms with Crippen molar-refractivity contribution >= 4 is 34.8 Å². The van der Waals surface area contributed by atoms with Crippen molar-refractivity contribution in [2.75, 3.05) is 18.5 Å². The molecular weight excluding hydrogens is 462 g/mol. The lowest BCUT2D eigenvalue weighted by atomic mass is 9.75. The van der Waals surface area contributed by atoms with E-state index in [-0.39, 0.29) is 28.6 Å². The molecule has 2 aliphatic heterocycles. The van der Waals surface area contributed by atoms with Crippen LogP contribution in [0.5, 0.6) is 0 Å². The number of hydrogen-bond acceptors (Lipinski definition) is 5. The van der Waals surface area contributed by atoms with Crippen LogP contribution in [0.3, 0.4) is 0 Å². The van der Waals surface area contributed by atoms with Gasteiger partial charge in [0.25, 0.3) is 11.8 Å². The van der Waals surface area contributed by atoms with Crippen molar-refractivity contribution in [3.05, 3.63) is 52.6 Å². The van der Waals surface area contributed by atoms with Crippen LogP contribution in [0.25, 0.3) is 0 Å². The summed E-state index contributed by atoms with van der Waals surface area (Å²) >= 11 is 5.49. The lowest BCUT2D eigenvalue weighted by Gasteiger charge is -2.43. The van der Waals surface area contributed by atoms with Crippen molar-refractivity contribution in [1.82, 2.24) is 15.5 Å². The van der Waals surface area contributed by atoms with Crippen molar-refractivity contribution in [3.8, 4) is 6.07 Å². The van der Waals surface area contributed by atoms with Crippen LogP contribution in [-0.4, -0.2) is 47.1 Å². The molecule has 2 fully saturated rings. The van der Waals surface area contributed by atoms with Crippen molar-refractivity contribution in [3.63, 3.8) is 0 Å². The average molecular weight is 479 g/mol. The van der Waals surface area contributed by atoms with E-state index < -0.39 is 40.6 Å². The largest absolute Gasteiger partial charge is 0.419 e. The van der Waals surface area contributed by atoms with Crippen molar-refractivity contribution in [1.29, 1.82) is 5.26 Å². The normalized spacial score (nSPS) is 19.8. The minimum atomic E-state index is -4.82. The number of anilines is 1. The molecule has 2 amide bonds. The number of nitrogens with one attached hydrogen (secondary N) is 2. The number of allylic oxidation sites excluding steroid dienone is 3. The Morgan fingerprint density at radius 1 is 1.33 bits per heavy atom. The zero-order chi connectivity index (χ0) is 24.1. The Bertz CT molecular complexity index is 1180. The van der Waals surface area contributed by atoms with Gasteiger partial charge in [0.2, 0.25) is 0 Å². The molecule has 7 nitrogen and oxygen atoms in total. The van der Waals surface area contributed by atoms with Crippen LogP contribution >= 0.6 is 12.2 Å². The van der Waals surface area contributed by atoms with E-state index >= 15 is 0 Å². The number of benzene rings is 1. The predicted octanol–water partition coefficient (Wildman–Crippen LogP) is 2.87. The number of alkyl halides is 3. The van der Waals surface area contributed by atoms with E-state index in [4.69, 9.17) is 17.5 Å². The quantitative estimate of drug-likeness (QED) is 0.512. The monoisotopic (exact) mass is 479 g/mol. The summed E-state index contributed by atoms with van der Waals surface area (Å²) in [5.74, 6) is -1.96. The molecule has 0 atom stereocenters. The van der Waals surface area contributed by atoms with E-state index in [9.17, 15) is 27.2 Å². The second-order valence-corrected chi connectivity index (χ2v) is 8.14. The summed E-state index contributed by atoms with van der Waals surface area (Å²) in [4.78, 5) is 27.7. The van der Waals surface area contributed by atoms with E-state index in [1.165, 1.54) is 30.1 Å². The molecule has 1 saturated carbocycles. The van der Waals surface area contributed by atoms with E-state index in [1.54, 1.807) is 0 Å². The highest BCUT2D eigenvalue weighted by molar-refractivity contribution is 7.80. The highest BCUT2D eigenvalue weighted by Crippen LogP contribution is 2.48. The molecular formula is C21H17F4N5O2S. The maximum Gasteiger partial charge on any atom is 0.419 e. The molecule has 0 bridgehead atoms. The molecule has 0 aromatic heterocycles. The Kier molecular flexibility index (Phi) is 5.40. The molecule has 1 saturated heterocycles. The third-order valence-electron chi connectivity index (χ3n) is 6.01. The fourth-order valence-electron chi connectivity index (χ4n) is 4.23. The zero-order valence-electron chi connectivity index (χ0n) is 17.2. The minimum Gasteiger partial charge on any atom is -0.370 e. The number of carbonyl (C=O) groups excluding carboxylic acids is 2. The Morgan fingerprint density at radius 2 is 2.03 bits per heavy atom. The first-order valence-corrected chi connectivity index (χ1v) is 10.3. The molecule has 1 aromatic rings. The van der Waals surface area contributed by atoms with Crippen LogP contribution in [0.4, 0.5) is 23.2 Å². The van der Waals surface area contributed by atoms with E-state index in [0.717, 1.165) is 17.0 Å². The van der Waals surface area contributed by atoms with Gasteiger partial charge in [-0.1, -0.05) is 0 Å². The Hall–Kier alpha value is -3.46. The van der Waals surface area contributed by atoms with Gasteiger partial charge in [-0.15, -0.1) is 0 Å². The number of nitrogens with zero attached hydrogens (tertiary/aromatic N) is 3. The standard InChI is InChI=1S/C21H17F4N5O2S/c1-27-17(31)13-4-3-11(8-15(13)22)30-19(33)29(18(32)20(30)5-2-6-20)12-7-14(21(23,24)25)16(9-26)28-10-12/h3-4,7-8,28H,2,5-6,10H2,1H3,(H,27,31). The first-order chi connectivity index (χ1) is 15.5. The van der Waals surface area contributed by atoms with Gasteiger partial charge in [0.05, 0.1) is 17.7 Å². The molecule has 33 heavy (non-hydrogen) atoms. The molecule has 0 radical (unpaired) electrons. The zero-order valence-corrected chi connectivity index (χ0v) is 18.0. The molecule has 2 heterocycles. The third-order valence-corrected chi connectivity index (χ3v) is 6.37. The second kappa shape index (κ2) is 7.84. The first-order valence-electron chi connectivity index (χ1n) is 9.91. The number of rotatable bonds is 3. The Morgan fingerprint density at radius 3 is 2.55 bits per heavy atom. The molecule has 1 aliphatic carbocycles. The van der Waals surface area contributed by atoms with Crippen molar-refractivity contribution < 1.29 is 27.2 Å². The summed E-state index contributed by atoms with van der Waals surface area (Å²) in [5.41, 5.74) is -3.03. The minimum absolute atomic E-state index is 0.0625. The number of amides is 2. The number of hydrogen-bond donors (Lipinski definition) is 2. The number of carbonyl (C=O) groups is 2. The van der Waals surface area contributed by atoms with Gasteiger partial charge >= 0.3 is 6.18 Å². The molecule has 4 rings (SSSR count). The molecule has 172 valence electrons. The Balaban J connectivity index is 1.77. The summed E-state index contributed by atoms with van der Waals surface area (Å²) in [6.07, 6.45) is -2.63. The van der Waals surface area contributed by atoms with Gasteiger partial charge in [-0.3, -0.25) is 14.5 Å². The molecule has 12 heteroatoms. The van der Waals surface area contributed by atoms with Crippen LogP contribution in [-0.2, 0) is 4.79 Å². The fraction of sp³-hybridized carbons (Fsp3) is 0.333. The highest BCUT2D eigenvalue weighted by atomic mass is 32.1. The maximum atomic E-state index is 14.6. The number of nitriles is 1. The van der Waals surface area contributed by atoms with Gasteiger partial charge < -0.3 is 15.5 Å². The summed E-state index contributed by atoms with van der Waals surface area (Å²) in [6.45, 7) is -0.220. The molecule has 2 N–H and O–H groups in total. The average Bonchev–Trinajstić information content (AvgIpc) is 2.98. The summed E-state index contributed by atoms with van der Waals surface area (Å²) in [7, 11) is 1.36. The predicted molar refractivity (Wildman–Crippen MR) is 113 cm³/mol. The van der Waals surface area contributed by atoms with Gasteiger partial charge in [0.15, 0.2) is 5.11 Å². The number of halogens is 4. The molecule has 1 spiro atoms. The van der Waals surface area contributed by atoms with Gasteiger partial charge in [0.1, 0.15) is 23.1 Å². The highest BCUT2D eigenvalue weighted by Gasteiger charge is 2.60. The smallest absolute Gasteiger partial charge is 0.370 e. The van der Waals surface area contributed by atoms with Crippen LogP contribution < -0.4 is 15.5 Å². The second-order valence-electron chi connectivity index (χ2n) is 7.77. The topological polar surface area (TPSA) is 88.5 Å². The van der Waals surface area contributed by atoms with E-state index in [0.29, 0.717) is 19.3 Å². The van der Waals surface area contributed by atoms with Crippen molar-refractivity contribution in [2.24, 2.45) is 0 Å². The maximum absolute atomic E-state index is 14.6. The number of thiocarbonyl (C=S) groups is 1. The van der Waals surface area contributed by atoms with Crippen LogP contribution in [0.1, 0.15) is 29.6 Å². The SMILES string of the molecule is CNC(=O)c1ccc(N2C(=S)N(C3=CC(C(F)(F)F)=C(C#N)NC3)C(=O)C23CCC3)cc1F. The van der Waals surface area contributed by atoms with Crippen LogP contribution in [0.2, 0.25) is 0 Å². The Labute approximate surface area is 191 Å². The fourth-order valence-corrected chi connectivity index (χ4v) is 4.71. The van der Waals surface area contributed by atoms with Crippen LogP contribution in [0, 0.1) is 17.1 Å². The van der Waals surface area contributed by atoms with E-state index in [2.05, 4.69) is 10.6 Å². The summed E-state index contributed by atoms with van der Waals surface area (Å²) in [5, 5.41) is 13.7. The van der Waals surface area contributed by atoms with Gasteiger partial charge in [-0.05, 0) is 55.8 Å². The lowest BCUT2D eigenvalue weighted by Crippen LogP contribution is -2.55. The van der Waals surface area contributed by atoms with Crippen molar-refractivity contribution in [2.45, 2.75) is 31.0 Å². The van der Waals surface area contributed by atoms with Gasteiger partial charge in [0, 0.05) is 18.4 Å². The van der Waals surface area contributed by atoms with Gasteiger partial charge in [-0.25, -0.2) is 4.39 Å². The summed E-state index contributed by atoms with van der Waals surface area (Å²) in [6, 6.07) is 5.26.